The first-order chi connectivity index (χ1) is 9.70. The molecule has 0 aliphatic heterocycles. The summed E-state index contributed by atoms with van der Waals surface area (Å²) in [4.78, 5) is 16.0. The Balaban J connectivity index is 2.13. The van der Waals surface area contributed by atoms with E-state index in [4.69, 9.17) is 0 Å². The molecular formula is C15H14FN3O. The van der Waals surface area contributed by atoms with E-state index in [0.29, 0.717) is 6.54 Å². The highest BCUT2D eigenvalue weighted by atomic mass is 19.1. The highest BCUT2D eigenvalue weighted by molar-refractivity contribution is 6.03. The summed E-state index contributed by atoms with van der Waals surface area (Å²) in [6.07, 6.45) is 3.22. The van der Waals surface area contributed by atoms with Crippen LogP contribution in [-0.2, 0) is 0 Å². The van der Waals surface area contributed by atoms with Crippen LogP contribution in [0.1, 0.15) is 10.5 Å². The molecule has 0 radical (unpaired) electrons. The Bertz CT molecular complexity index is 628. The largest absolute Gasteiger partial charge is 0.381 e. The van der Waals surface area contributed by atoms with Gasteiger partial charge in [-0.2, -0.15) is 0 Å². The monoisotopic (exact) mass is 271 g/mol. The lowest BCUT2D eigenvalue weighted by molar-refractivity contribution is 0.102. The van der Waals surface area contributed by atoms with Crippen molar-refractivity contribution < 1.29 is 9.18 Å². The van der Waals surface area contributed by atoms with Gasteiger partial charge >= 0.3 is 0 Å². The van der Waals surface area contributed by atoms with Crippen LogP contribution in [0.25, 0.3) is 0 Å². The fourth-order valence-corrected chi connectivity index (χ4v) is 1.60. The van der Waals surface area contributed by atoms with Gasteiger partial charge in [0, 0.05) is 18.4 Å². The Labute approximate surface area is 116 Å². The molecule has 0 aliphatic carbocycles. The molecule has 0 aliphatic rings. The molecule has 0 bridgehead atoms. The van der Waals surface area contributed by atoms with Gasteiger partial charge in [0.1, 0.15) is 11.5 Å². The van der Waals surface area contributed by atoms with Crippen molar-refractivity contribution in [2.24, 2.45) is 0 Å². The molecule has 1 aromatic heterocycles. The van der Waals surface area contributed by atoms with E-state index in [2.05, 4.69) is 22.2 Å². The molecule has 5 heteroatoms. The quantitative estimate of drug-likeness (QED) is 0.822. The predicted octanol–water partition coefficient (Wildman–Crippen LogP) is 3.07. The molecule has 0 atom stereocenters. The lowest BCUT2D eigenvalue weighted by atomic mass is 10.2. The molecule has 102 valence electrons. The van der Waals surface area contributed by atoms with Gasteiger partial charge in [-0.1, -0.05) is 18.2 Å². The molecule has 2 aromatic rings. The molecule has 0 saturated heterocycles. The van der Waals surface area contributed by atoms with E-state index < -0.39 is 11.7 Å². The van der Waals surface area contributed by atoms with Gasteiger partial charge in [0.25, 0.3) is 5.91 Å². The second-order valence-corrected chi connectivity index (χ2v) is 4.03. The van der Waals surface area contributed by atoms with E-state index in [0.717, 1.165) is 5.69 Å². The smallest absolute Gasteiger partial charge is 0.274 e. The lowest BCUT2D eigenvalue weighted by Gasteiger charge is -2.07. The number of amides is 1. The van der Waals surface area contributed by atoms with Gasteiger partial charge in [0.15, 0.2) is 0 Å². The zero-order valence-electron chi connectivity index (χ0n) is 10.8. The normalized spacial score (nSPS) is 9.85. The van der Waals surface area contributed by atoms with Gasteiger partial charge in [-0.15, -0.1) is 6.58 Å². The highest BCUT2D eigenvalue weighted by Crippen LogP contribution is 2.14. The topological polar surface area (TPSA) is 54.0 Å². The first-order valence-electron chi connectivity index (χ1n) is 6.07. The van der Waals surface area contributed by atoms with E-state index in [9.17, 15) is 9.18 Å². The van der Waals surface area contributed by atoms with E-state index in [1.807, 2.05) is 0 Å². The average molecular weight is 271 g/mol. The van der Waals surface area contributed by atoms with Crippen molar-refractivity contribution in [2.75, 3.05) is 17.2 Å². The fourth-order valence-electron chi connectivity index (χ4n) is 1.60. The van der Waals surface area contributed by atoms with Crippen molar-refractivity contribution in [2.45, 2.75) is 0 Å². The minimum absolute atomic E-state index is 0.128. The summed E-state index contributed by atoms with van der Waals surface area (Å²) in [5.41, 5.74) is 1.09. The van der Waals surface area contributed by atoms with Crippen LogP contribution in [0.5, 0.6) is 0 Å². The number of pyridine rings is 1. The fraction of sp³-hybridized carbons (Fsp3) is 0.0667. The third kappa shape index (κ3) is 3.41. The maximum absolute atomic E-state index is 13.5. The van der Waals surface area contributed by atoms with Gasteiger partial charge < -0.3 is 10.6 Å². The van der Waals surface area contributed by atoms with Gasteiger partial charge in [-0.3, -0.25) is 9.78 Å². The molecule has 1 aromatic carbocycles. The summed E-state index contributed by atoms with van der Waals surface area (Å²) in [7, 11) is 0. The van der Waals surface area contributed by atoms with Crippen LogP contribution in [0.4, 0.5) is 15.8 Å². The number of anilines is 2. The number of carbonyl (C=O) groups excluding carboxylic acids is 1. The molecule has 0 saturated carbocycles. The third-order valence-corrected chi connectivity index (χ3v) is 2.57. The zero-order valence-corrected chi connectivity index (χ0v) is 10.8. The third-order valence-electron chi connectivity index (χ3n) is 2.57. The Morgan fingerprint density at radius 3 is 2.90 bits per heavy atom. The van der Waals surface area contributed by atoms with Crippen LogP contribution in [0, 0.1) is 5.82 Å². The van der Waals surface area contributed by atoms with E-state index >= 15 is 0 Å². The summed E-state index contributed by atoms with van der Waals surface area (Å²) in [6.45, 7) is 4.18. The lowest BCUT2D eigenvalue weighted by Crippen LogP contribution is -2.15. The maximum atomic E-state index is 13.5. The minimum Gasteiger partial charge on any atom is -0.381 e. The molecule has 1 amide bonds. The van der Waals surface area contributed by atoms with Gasteiger partial charge in [-0.05, 0) is 24.3 Å². The van der Waals surface area contributed by atoms with Crippen LogP contribution in [0.15, 0.2) is 55.3 Å². The number of aromatic nitrogens is 1. The molecule has 0 spiro atoms. The second kappa shape index (κ2) is 6.47. The first kappa shape index (κ1) is 13.7. The number of carbonyl (C=O) groups is 1. The molecule has 0 unspecified atom stereocenters. The summed E-state index contributed by atoms with van der Waals surface area (Å²) >= 11 is 0. The minimum atomic E-state index is -0.484. The van der Waals surface area contributed by atoms with E-state index in [-0.39, 0.29) is 11.4 Å². The zero-order chi connectivity index (χ0) is 14.4. The van der Waals surface area contributed by atoms with E-state index in [1.54, 1.807) is 30.3 Å². The molecule has 2 N–H and O–H groups in total. The van der Waals surface area contributed by atoms with Crippen molar-refractivity contribution >= 4 is 17.3 Å². The number of rotatable bonds is 5. The second-order valence-electron chi connectivity index (χ2n) is 4.03. The first-order valence-corrected chi connectivity index (χ1v) is 6.07. The van der Waals surface area contributed by atoms with Gasteiger partial charge in [-0.25, -0.2) is 4.39 Å². The van der Waals surface area contributed by atoms with Crippen molar-refractivity contribution in [3.63, 3.8) is 0 Å². The number of nitrogens with zero attached hydrogens (tertiary/aromatic N) is 1. The van der Waals surface area contributed by atoms with Crippen molar-refractivity contribution in [1.82, 2.24) is 4.98 Å². The van der Waals surface area contributed by atoms with Crippen molar-refractivity contribution in [3.8, 4) is 0 Å². The molecule has 4 nitrogen and oxygen atoms in total. The SMILES string of the molecule is C=CCNc1ccnc(C(=O)Nc2ccccc2F)c1. The number of nitrogens with one attached hydrogen (secondary N) is 2. The van der Waals surface area contributed by atoms with Crippen LogP contribution in [-0.4, -0.2) is 17.4 Å². The highest BCUT2D eigenvalue weighted by Gasteiger charge is 2.10. The summed E-state index contributed by atoms with van der Waals surface area (Å²) in [5.74, 6) is -0.945. The van der Waals surface area contributed by atoms with Crippen LogP contribution in [0.2, 0.25) is 0 Å². The van der Waals surface area contributed by atoms with Gasteiger partial charge in [0.2, 0.25) is 0 Å². The maximum Gasteiger partial charge on any atom is 0.274 e. The number of hydrogen-bond acceptors (Lipinski definition) is 3. The Morgan fingerprint density at radius 1 is 1.35 bits per heavy atom. The Morgan fingerprint density at radius 2 is 2.15 bits per heavy atom. The Kier molecular flexibility index (Phi) is 4.44. The predicted molar refractivity (Wildman–Crippen MR) is 77.3 cm³/mol. The van der Waals surface area contributed by atoms with Crippen LogP contribution >= 0.6 is 0 Å². The van der Waals surface area contributed by atoms with Crippen molar-refractivity contribution in [1.29, 1.82) is 0 Å². The molecule has 0 fully saturated rings. The summed E-state index contributed by atoms with van der Waals surface area (Å²) < 4.78 is 13.5. The van der Waals surface area contributed by atoms with E-state index in [1.165, 1.54) is 18.3 Å². The van der Waals surface area contributed by atoms with Crippen LogP contribution < -0.4 is 10.6 Å². The average Bonchev–Trinajstić information content (AvgIpc) is 2.48. The van der Waals surface area contributed by atoms with Crippen LogP contribution in [0.3, 0.4) is 0 Å². The number of halogens is 1. The number of benzene rings is 1. The van der Waals surface area contributed by atoms with Gasteiger partial charge in [0.05, 0.1) is 5.69 Å². The molecule has 2 rings (SSSR count). The molecular weight excluding hydrogens is 257 g/mol. The summed E-state index contributed by atoms with van der Waals surface area (Å²) in [6, 6.07) is 9.32. The number of hydrogen-bond donors (Lipinski definition) is 2. The Hall–Kier alpha value is -2.69. The standard InChI is InChI=1S/C15H14FN3O/c1-2-8-17-11-7-9-18-14(10-11)15(20)19-13-6-4-3-5-12(13)16/h2-7,9-10H,1,8H2,(H,17,18)(H,19,20). The summed E-state index contributed by atoms with van der Waals surface area (Å²) in [5, 5.41) is 5.54. The molecule has 20 heavy (non-hydrogen) atoms. The molecule has 1 heterocycles. The number of para-hydroxylation sites is 1. The van der Waals surface area contributed by atoms with Crippen molar-refractivity contribution in [3.05, 3.63) is 66.8 Å².